The summed E-state index contributed by atoms with van der Waals surface area (Å²) >= 11 is 1.36. The third-order valence-corrected chi connectivity index (χ3v) is 5.17. The highest BCUT2D eigenvalue weighted by Crippen LogP contribution is 2.19. The summed E-state index contributed by atoms with van der Waals surface area (Å²) in [4.78, 5) is 37.1. The third kappa shape index (κ3) is 5.30. The van der Waals surface area contributed by atoms with Crippen molar-refractivity contribution in [1.29, 1.82) is 0 Å². The molecule has 3 aromatic rings. The van der Waals surface area contributed by atoms with Crippen LogP contribution in [0.2, 0.25) is 0 Å². The van der Waals surface area contributed by atoms with Gasteiger partial charge in [-0.2, -0.15) is 0 Å². The molecule has 0 saturated carbocycles. The molecule has 0 atom stereocenters. The van der Waals surface area contributed by atoms with E-state index in [0.29, 0.717) is 16.1 Å². The van der Waals surface area contributed by atoms with Crippen molar-refractivity contribution in [3.05, 3.63) is 81.5 Å². The molecule has 0 unspecified atom stereocenters. The number of amides is 3. The van der Waals surface area contributed by atoms with Gasteiger partial charge < -0.3 is 16.0 Å². The Balaban J connectivity index is 1.53. The monoisotopic (exact) mass is 407 g/mol. The van der Waals surface area contributed by atoms with E-state index in [1.54, 1.807) is 30.3 Å². The van der Waals surface area contributed by atoms with Crippen LogP contribution in [0.1, 0.15) is 31.2 Å². The Morgan fingerprint density at radius 2 is 1.52 bits per heavy atom. The van der Waals surface area contributed by atoms with E-state index in [4.69, 9.17) is 0 Å². The standard InChI is InChI=1S/C22H21N3O3S/c1-14-5-3-6-15(2)20(14)25-19(26)13-23-21(27)16-8-10-17(11-9-16)24-22(28)18-7-4-12-29-18/h3-12H,13H2,1-2H3,(H,23,27)(H,24,28)(H,25,26). The number of carbonyl (C=O) groups is 3. The molecule has 0 aliphatic heterocycles. The van der Waals surface area contributed by atoms with Crippen LogP contribution in [0, 0.1) is 13.8 Å². The van der Waals surface area contributed by atoms with Gasteiger partial charge in [0.05, 0.1) is 11.4 Å². The van der Waals surface area contributed by atoms with Gasteiger partial charge >= 0.3 is 0 Å². The van der Waals surface area contributed by atoms with Gasteiger partial charge in [0.2, 0.25) is 5.91 Å². The Hall–Kier alpha value is -3.45. The maximum atomic E-state index is 12.3. The zero-order valence-corrected chi connectivity index (χ0v) is 16.9. The molecule has 0 saturated heterocycles. The summed E-state index contributed by atoms with van der Waals surface area (Å²) in [6, 6.07) is 15.8. The fourth-order valence-corrected chi connectivity index (χ4v) is 3.38. The third-order valence-electron chi connectivity index (χ3n) is 4.30. The van der Waals surface area contributed by atoms with Gasteiger partial charge in [-0.05, 0) is 60.7 Å². The van der Waals surface area contributed by atoms with Crippen molar-refractivity contribution >= 4 is 40.4 Å². The summed E-state index contributed by atoms with van der Waals surface area (Å²) in [5.74, 6) is -0.853. The van der Waals surface area contributed by atoms with E-state index in [2.05, 4.69) is 16.0 Å². The van der Waals surface area contributed by atoms with E-state index in [1.165, 1.54) is 11.3 Å². The van der Waals surface area contributed by atoms with E-state index >= 15 is 0 Å². The highest BCUT2D eigenvalue weighted by molar-refractivity contribution is 7.12. The highest BCUT2D eigenvalue weighted by Gasteiger charge is 2.11. The minimum Gasteiger partial charge on any atom is -0.343 e. The number of hydrogen-bond donors (Lipinski definition) is 3. The molecule has 0 fully saturated rings. The fraction of sp³-hybridized carbons (Fsp3) is 0.136. The lowest BCUT2D eigenvalue weighted by Crippen LogP contribution is -2.33. The van der Waals surface area contributed by atoms with Crippen LogP contribution in [0.5, 0.6) is 0 Å². The average molecular weight is 407 g/mol. The van der Waals surface area contributed by atoms with Crippen LogP contribution >= 0.6 is 11.3 Å². The molecular weight excluding hydrogens is 386 g/mol. The number of para-hydroxylation sites is 1. The van der Waals surface area contributed by atoms with E-state index in [9.17, 15) is 14.4 Å². The Labute approximate surface area is 173 Å². The first kappa shape index (κ1) is 20.3. The predicted molar refractivity (Wildman–Crippen MR) is 116 cm³/mol. The fourth-order valence-electron chi connectivity index (χ4n) is 2.76. The SMILES string of the molecule is Cc1cccc(C)c1NC(=O)CNC(=O)c1ccc(NC(=O)c2cccs2)cc1. The molecule has 3 amide bonds. The molecule has 0 radical (unpaired) electrons. The van der Waals surface area contributed by atoms with Crippen LogP contribution in [-0.4, -0.2) is 24.3 Å². The highest BCUT2D eigenvalue weighted by atomic mass is 32.1. The molecule has 0 bridgehead atoms. The summed E-state index contributed by atoms with van der Waals surface area (Å²) < 4.78 is 0. The number of anilines is 2. The van der Waals surface area contributed by atoms with Gasteiger partial charge in [0, 0.05) is 16.9 Å². The largest absolute Gasteiger partial charge is 0.343 e. The molecule has 0 aliphatic carbocycles. The molecule has 148 valence electrons. The van der Waals surface area contributed by atoms with E-state index in [1.807, 2.05) is 43.5 Å². The van der Waals surface area contributed by atoms with Gasteiger partial charge in [-0.15, -0.1) is 11.3 Å². The quantitative estimate of drug-likeness (QED) is 0.577. The number of aryl methyl sites for hydroxylation is 2. The average Bonchev–Trinajstić information content (AvgIpc) is 3.25. The van der Waals surface area contributed by atoms with E-state index < -0.39 is 0 Å². The first-order valence-corrected chi connectivity index (χ1v) is 9.91. The Bertz CT molecular complexity index is 1010. The lowest BCUT2D eigenvalue weighted by atomic mass is 10.1. The summed E-state index contributed by atoms with van der Waals surface area (Å²) in [5.41, 5.74) is 3.68. The molecule has 2 aromatic carbocycles. The van der Waals surface area contributed by atoms with Crippen molar-refractivity contribution in [2.75, 3.05) is 17.2 Å². The van der Waals surface area contributed by atoms with Crippen LogP contribution in [0.15, 0.2) is 60.0 Å². The molecule has 29 heavy (non-hydrogen) atoms. The van der Waals surface area contributed by atoms with Gasteiger partial charge in [-0.1, -0.05) is 24.3 Å². The zero-order valence-electron chi connectivity index (χ0n) is 16.1. The molecule has 3 rings (SSSR count). The smallest absolute Gasteiger partial charge is 0.265 e. The minimum absolute atomic E-state index is 0.135. The first-order chi connectivity index (χ1) is 13.9. The number of hydrogen-bond acceptors (Lipinski definition) is 4. The normalized spacial score (nSPS) is 10.3. The second kappa shape index (κ2) is 9.16. The maximum Gasteiger partial charge on any atom is 0.265 e. The molecule has 6 nitrogen and oxygen atoms in total. The van der Waals surface area contributed by atoms with Gasteiger partial charge in [-0.25, -0.2) is 0 Å². The van der Waals surface area contributed by atoms with Crippen molar-refractivity contribution in [2.24, 2.45) is 0 Å². The summed E-state index contributed by atoms with van der Waals surface area (Å²) in [5, 5.41) is 10.0. The van der Waals surface area contributed by atoms with Crippen molar-refractivity contribution in [3.63, 3.8) is 0 Å². The van der Waals surface area contributed by atoms with Crippen molar-refractivity contribution in [1.82, 2.24) is 5.32 Å². The Morgan fingerprint density at radius 3 is 2.14 bits per heavy atom. The van der Waals surface area contributed by atoms with Crippen LogP contribution in [0.3, 0.4) is 0 Å². The van der Waals surface area contributed by atoms with Crippen LogP contribution in [0.25, 0.3) is 0 Å². The van der Waals surface area contributed by atoms with Crippen molar-refractivity contribution in [3.8, 4) is 0 Å². The van der Waals surface area contributed by atoms with Crippen LogP contribution in [0.4, 0.5) is 11.4 Å². The van der Waals surface area contributed by atoms with E-state index in [0.717, 1.165) is 16.8 Å². The Morgan fingerprint density at radius 1 is 0.828 bits per heavy atom. The van der Waals surface area contributed by atoms with Crippen molar-refractivity contribution in [2.45, 2.75) is 13.8 Å². The molecule has 1 aromatic heterocycles. The number of rotatable bonds is 6. The summed E-state index contributed by atoms with van der Waals surface area (Å²) in [6.07, 6.45) is 0. The minimum atomic E-state index is -0.363. The van der Waals surface area contributed by atoms with Crippen LogP contribution < -0.4 is 16.0 Å². The lowest BCUT2D eigenvalue weighted by Gasteiger charge is -2.12. The van der Waals surface area contributed by atoms with Crippen molar-refractivity contribution < 1.29 is 14.4 Å². The molecule has 0 aliphatic rings. The maximum absolute atomic E-state index is 12.3. The second-order valence-electron chi connectivity index (χ2n) is 6.51. The summed E-state index contributed by atoms with van der Waals surface area (Å²) in [6.45, 7) is 3.70. The first-order valence-electron chi connectivity index (χ1n) is 9.03. The summed E-state index contributed by atoms with van der Waals surface area (Å²) in [7, 11) is 0. The lowest BCUT2D eigenvalue weighted by molar-refractivity contribution is -0.115. The zero-order chi connectivity index (χ0) is 20.8. The van der Waals surface area contributed by atoms with Gasteiger partial charge in [0.15, 0.2) is 0 Å². The predicted octanol–water partition coefficient (Wildman–Crippen LogP) is 3.99. The number of benzene rings is 2. The van der Waals surface area contributed by atoms with Crippen LogP contribution in [-0.2, 0) is 4.79 Å². The number of carbonyl (C=O) groups excluding carboxylic acids is 3. The van der Waals surface area contributed by atoms with Gasteiger partial charge in [0.1, 0.15) is 0 Å². The Kier molecular flexibility index (Phi) is 6.41. The number of nitrogens with one attached hydrogen (secondary N) is 3. The van der Waals surface area contributed by atoms with Gasteiger partial charge in [0.25, 0.3) is 11.8 Å². The number of thiophene rings is 1. The topological polar surface area (TPSA) is 87.3 Å². The van der Waals surface area contributed by atoms with Gasteiger partial charge in [-0.3, -0.25) is 14.4 Å². The molecule has 1 heterocycles. The second-order valence-corrected chi connectivity index (χ2v) is 7.45. The van der Waals surface area contributed by atoms with E-state index in [-0.39, 0.29) is 24.3 Å². The molecular formula is C22H21N3O3S. The molecule has 0 spiro atoms. The molecule has 7 heteroatoms. The molecule has 3 N–H and O–H groups in total.